The van der Waals surface area contributed by atoms with Gasteiger partial charge in [0.1, 0.15) is 0 Å². The standard InChI is InChI=1S/C3H3NOS2/c6-5-3-4-1-2-7-3/h1-2,6H. The van der Waals surface area contributed by atoms with Crippen molar-refractivity contribution >= 4 is 24.2 Å². The van der Waals surface area contributed by atoms with Crippen molar-refractivity contribution in [2.75, 3.05) is 0 Å². The minimum Gasteiger partial charge on any atom is -0.399 e. The highest BCUT2D eigenvalue weighted by Gasteiger charge is 1.86. The predicted molar refractivity (Wildman–Crippen MR) is 31.7 cm³/mol. The summed E-state index contributed by atoms with van der Waals surface area (Å²) in [5, 5.41) is 2.41. The lowest BCUT2D eigenvalue weighted by Gasteiger charge is -1.81. The molecule has 0 radical (unpaired) electrons. The molecule has 0 bridgehead atoms. The summed E-state index contributed by atoms with van der Waals surface area (Å²) in [6.45, 7) is 0. The average Bonchev–Trinajstić information content (AvgIpc) is 2.14. The van der Waals surface area contributed by atoms with E-state index in [9.17, 15) is 0 Å². The Labute approximate surface area is 50.8 Å². The first-order valence-electron chi connectivity index (χ1n) is 1.64. The van der Waals surface area contributed by atoms with Gasteiger partial charge in [-0.05, 0) is 0 Å². The lowest BCUT2D eigenvalue weighted by atomic mass is 11.0. The highest BCUT2D eigenvalue weighted by Crippen LogP contribution is 2.13. The summed E-state index contributed by atoms with van der Waals surface area (Å²) in [6, 6.07) is 0. The predicted octanol–water partition coefficient (Wildman–Crippen LogP) is 1.37. The maximum Gasteiger partial charge on any atom is 0.285 e. The molecule has 0 amide bonds. The molecule has 2 nitrogen and oxygen atoms in total. The minimum absolute atomic E-state index is 0.586. The van der Waals surface area contributed by atoms with Gasteiger partial charge in [-0.2, -0.15) is 0 Å². The molecule has 0 N–H and O–H groups in total. The van der Waals surface area contributed by atoms with Gasteiger partial charge in [0.25, 0.3) is 5.19 Å². The molecule has 0 spiro atoms. The van der Waals surface area contributed by atoms with E-state index < -0.39 is 0 Å². The van der Waals surface area contributed by atoms with Crippen molar-refractivity contribution in [2.24, 2.45) is 0 Å². The second kappa shape index (κ2) is 2.18. The maximum atomic E-state index is 4.46. The summed E-state index contributed by atoms with van der Waals surface area (Å²) in [6.07, 6.45) is 1.66. The molecule has 0 saturated heterocycles. The fraction of sp³-hybridized carbons (Fsp3) is 0. The van der Waals surface area contributed by atoms with Gasteiger partial charge in [0.2, 0.25) is 0 Å². The second-order valence-corrected chi connectivity index (χ2v) is 1.93. The fourth-order valence-electron chi connectivity index (χ4n) is 0.255. The Bertz CT molecular complexity index is 127. The van der Waals surface area contributed by atoms with Crippen LogP contribution in [0.3, 0.4) is 0 Å². The van der Waals surface area contributed by atoms with Crippen LogP contribution in [-0.2, 0) is 0 Å². The van der Waals surface area contributed by atoms with E-state index in [1.807, 2.05) is 5.38 Å². The molecule has 1 rings (SSSR count). The van der Waals surface area contributed by atoms with Crippen molar-refractivity contribution in [3.8, 4) is 5.19 Å². The smallest absolute Gasteiger partial charge is 0.285 e. The van der Waals surface area contributed by atoms with Gasteiger partial charge in [-0.25, -0.2) is 4.98 Å². The molecule has 1 heterocycles. The average molecular weight is 133 g/mol. The van der Waals surface area contributed by atoms with Crippen molar-refractivity contribution in [3.63, 3.8) is 0 Å². The Hall–Kier alpha value is -0.220. The molecule has 4 heteroatoms. The first kappa shape index (κ1) is 4.93. The Morgan fingerprint density at radius 1 is 1.86 bits per heavy atom. The quantitative estimate of drug-likeness (QED) is 0.461. The van der Waals surface area contributed by atoms with Crippen molar-refractivity contribution in [1.82, 2.24) is 4.98 Å². The van der Waals surface area contributed by atoms with Gasteiger partial charge < -0.3 is 4.18 Å². The number of thiol groups is 1. The number of hydrogen-bond donors (Lipinski definition) is 1. The summed E-state index contributed by atoms with van der Waals surface area (Å²) >= 11 is 4.94. The Balaban J connectivity index is 2.76. The SMILES string of the molecule is SOc1nccs1. The molecule has 0 aromatic carbocycles. The van der Waals surface area contributed by atoms with Crippen molar-refractivity contribution < 1.29 is 4.18 Å². The van der Waals surface area contributed by atoms with Crippen LogP contribution in [0.1, 0.15) is 0 Å². The summed E-state index contributed by atoms with van der Waals surface area (Å²) in [5.74, 6) is 0. The molecule has 1 aromatic heterocycles. The highest BCUT2D eigenvalue weighted by atomic mass is 32.1. The molecular weight excluding hydrogens is 130 g/mol. The van der Waals surface area contributed by atoms with Gasteiger partial charge in [-0.15, -0.1) is 0 Å². The largest absolute Gasteiger partial charge is 0.399 e. The molecule has 0 aliphatic heterocycles. The first-order valence-corrected chi connectivity index (χ1v) is 2.89. The maximum absolute atomic E-state index is 4.46. The Morgan fingerprint density at radius 2 is 2.71 bits per heavy atom. The zero-order chi connectivity index (χ0) is 5.11. The number of rotatable bonds is 1. The minimum atomic E-state index is 0.586. The van der Waals surface area contributed by atoms with Crippen LogP contribution in [0, 0.1) is 0 Å². The van der Waals surface area contributed by atoms with Crippen molar-refractivity contribution in [1.29, 1.82) is 0 Å². The van der Waals surface area contributed by atoms with Crippen LogP contribution in [0.25, 0.3) is 0 Å². The Kier molecular flexibility index (Phi) is 1.54. The van der Waals surface area contributed by atoms with Crippen LogP contribution in [0.15, 0.2) is 11.6 Å². The fourth-order valence-corrected chi connectivity index (χ4v) is 0.835. The van der Waals surface area contributed by atoms with Crippen LogP contribution < -0.4 is 4.18 Å². The topological polar surface area (TPSA) is 22.1 Å². The Morgan fingerprint density at radius 3 is 3.00 bits per heavy atom. The molecule has 0 atom stereocenters. The van der Waals surface area contributed by atoms with E-state index in [0.29, 0.717) is 5.19 Å². The van der Waals surface area contributed by atoms with E-state index in [1.54, 1.807) is 6.20 Å². The zero-order valence-corrected chi connectivity index (χ0v) is 5.08. The third kappa shape index (κ3) is 1.07. The lowest BCUT2D eigenvalue weighted by molar-refractivity contribution is 0.651. The third-order valence-electron chi connectivity index (χ3n) is 0.488. The number of thiazole rings is 1. The molecule has 7 heavy (non-hydrogen) atoms. The summed E-state index contributed by atoms with van der Waals surface area (Å²) in [4.78, 5) is 3.75. The highest BCUT2D eigenvalue weighted by molar-refractivity contribution is 7.75. The monoisotopic (exact) mass is 133 g/mol. The summed E-state index contributed by atoms with van der Waals surface area (Å²) < 4.78 is 4.46. The van der Waals surface area contributed by atoms with E-state index in [2.05, 4.69) is 22.1 Å². The summed E-state index contributed by atoms with van der Waals surface area (Å²) in [7, 11) is 0. The van der Waals surface area contributed by atoms with Crippen LogP contribution in [-0.4, -0.2) is 4.98 Å². The molecule has 0 unspecified atom stereocenters. The van der Waals surface area contributed by atoms with E-state index in [-0.39, 0.29) is 0 Å². The van der Waals surface area contributed by atoms with E-state index in [1.165, 1.54) is 11.3 Å². The van der Waals surface area contributed by atoms with Crippen molar-refractivity contribution in [2.45, 2.75) is 0 Å². The van der Waals surface area contributed by atoms with Crippen LogP contribution >= 0.6 is 24.2 Å². The van der Waals surface area contributed by atoms with Gasteiger partial charge in [-0.3, -0.25) is 0 Å². The second-order valence-electron chi connectivity index (χ2n) is 0.889. The van der Waals surface area contributed by atoms with Crippen LogP contribution in [0.5, 0.6) is 5.19 Å². The van der Waals surface area contributed by atoms with E-state index in [4.69, 9.17) is 0 Å². The van der Waals surface area contributed by atoms with Gasteiger partial charge >= 0.3 is 0 Å². The van der Waals surface area contributed by atoms with Crippen LogP contribution in [0.2, 0.25) is 0 Å². The lowest BCUT2D eigenvalue weighted by Crippen LogP contribution is -1.66. The van der Waals surface area contributed by atoms with Gasteiger partial charge in [0.05, 0.1) is 0 Å². The molecule has 0 saturated carbocycles. The van der Waals surface area contributed by atoms with Gasteiger partial charge in [-0.1, -0.05) is 11.3 Å². The molecule has 0 fully saturated rings. The first-order chi connectivity index (χ1) is 3.43. The molecule has 1 aromatic rings. The molecule has 0 aliphatic carbocycles. The zero-order valence-electron chi connectivity index (χ0n) is 3.37. The van der Waals surface area contributed by atoms with Gasteiger partial charge in [0, 0.05) is 24.5 Å². The molecule has 0 aliphatic rings. The van der Waals surface area contributed by atoms with Crippen LogP contribution in [0.4, 0.5) is 0 Å². The number of nitrogens with zero attached hydrogens (tertiary/aromatic N) is 1. The van der Waals surface area contributed by atoms with E-state index >= 15 is 0 Å². The third-order valence-corrected chi connectivity index (χ3v) is 1.43. The van der Waals surface area contributed by atoms with E-state index in [0.717, 1.165) is 0 Å². The van der Waals surface area contributed by atoms with Crippen molar-refractivity contribution in [3.05, 3.63) is 11.6 Å². The molecular formula is C3H3NOS2. The number of aromatic nitrogens is 1. The molecule has 38 valence electrons. The number of hydrogen-bond acceptors (Lipinski definition) is 4. The normalized spacial score (nSPS) is 8.71. The summed E-state index contributed by atoms with van der Waals surface area (Å²) in [5.41, 5.74) is 0. The van der Waals surface area contributed by atoms with Gasteiger partial charge in [0.15, 0.2) is 0 Å².